The highest BCUT2D eigenvalue weighted by Gasteiger charge is 2.47. The van der Waals surface area contributed by atoms with Crippen LogP contribution in [0.4, 0.5) is 0 Å². The van der Waals surface area contributed by atoms with Crippen molar-refractivity contribution in [1.82, 2.24) is 0 Å². The SMILES string of the molecule is [B]B(C1CCC1B([B])C(C)(C)CCOC(C)(C)CCC(=O)C(C)(C)C)C(C)(C)C. The predicted molar refractivity (Wildman–Crippen MR) is 132 cm³/mol. The lowest BCUT2D eigenvalue weighted by molar-refractivity contribution is -0.128. The van der Waals surface area contributed by atoms with Gasteiger partial charge in [0, 0.05) is 33.9 Å². The lowest BCUT2D eigenvalue weighted by Gasteiger charge is -2.51. The van der Waals surface area contributed by atoms with Gasteiger partial charge < -0.3 is 4.74 Å². The van der Waals surface area contributed by atoms with Crippen molar-refractivity contribution < 1.29 is 9.53 Å². The molecular weight excluding hydrogens is 351 g/mol. The molecule has 4 radical (unpaired) electrons. The first kappa shape index (κ1) is 26.9. The first-order chi connectivity index (χ1) is 12.9. The van der Waals surface area contributed by atoms with Crippen LogP contribution in [0.25, 0.3) is 0 Å². The van der Waals surface area contributed by atoms with E-state index < -0.39 is 0 Å². The van der Waals surface area contributed by atoms with Crippen LogP contribution in [0.3, 0.4) is 0 Å². The van der Waals surface area contributed by atoms with E-state index in [1.54, 1.807) is 0 Å². The summed E-state index contributed by atoms with van der Waals surface area (Å²) in [7, 11) is 13.3. The van der Waals surface area contributed by atoms with E-state index in [9.17, 15) is 4.79 Å². The Balaban J connectivity index is 2.54. The van der Waals surface area contributed by atoms with Gasteiger partial charge >= 0.3 is 0 Å². The fraction of sp³-hybridized carbons (Fsp3) is 0.957. The van der Waals surface area contributed by atoms with Crippen molar-refractivity contribution in [2.45, 2.75) is 129 Å². The van der Waals surface area contributed by atoms with Crippen LogP contribution in [0.2, 0.25) is 22.3 Å². The van der Waals surface area contributed by atoms with Crippen LogP contribution in [-0.2, 0) is 9.53 Å². The molecule has 160 valence electrons. The van der Waals surface area contributed by atoms with Gasteiger partial charge in [-0.25, -0.2) is 0 Å². The van der Waals surface area contributed by atoms with Crippen LogP contribution in [-0.4, -0.2) is 46.7 Å². The van der Waals surface area contributed by atoms with Crippen LogP contribution < -0.4 is 0 Å². The van der Waals surface area contributed by atoms with Crippen LogP contribution >= 0.6 is 0 Å². The highest BCUT2D eigenvalue weighted by Crippen LogP contribution is 2.56. The summed E-state index contributed by atoms with van der Waals surface area (Å²) in [6.07, 6.45) is 4.60. The van der Waals surface area contributed by atoms with E-state index in [0.29, 0.717) is 30.4 Å². The first-order valence-corrected chi connectivity index (χ1v) is 11.6. The molecule has 6 heteroatoms. The number of carbonyl (C=O) groups is 1. The molecule has 2 atom stereocenters. The molecule has 0 N–H and O–H groups in total. The monoisotopic (exact) mass is 396 g/mol. The van der Waals surface area contributed by atoms with Crippen LogP contribution in [0.5, 0.6) is 0 Å². The second-order valence-electron chi connectivity index (χ2n) is 12.8. The van der Waals surface area contributed by atoms with E-state index in [4.69, 9.17) is 20.2 Å². The molecule has 0 saturated heterocycles. The van der Waals surface area contributed by atoms with E-state index in [1.807, 2.05) is 20.8 Å². The van der Waals surface area contributed by atoms with Crippen molar-refractivity contribution >= 4 is 34.5 Å². The van der Waals surface area contributed by atoms with Gasteiger partial charge in [-0.15, -0.1) is 0 Å². The number of hydrogen-bond donors (Lipinski definition) is 0. The number of Topliss-reactive ketones (excluding diaryl/α,β-unsaturated/α-hetero) is 1. The fourth-order valence-electron chi connectivity index (χ4n) is 4.28. The minimum Gasteiger partial charge on any atom is -0.376 e. The van der Waals surface area contributed by atoms with Gasteiger partial charge in [-0.2, -0.15) is 0 Å². The van der Waals surface area contributed by atoms with Crippen molar-refractivity contribution in [1.29, 1.82) is 0 Å². The number of carbonyl (C=O) groups excluding carboxylic acids is 1. The summed E-state index contributed by atoms with van der Waals surface area (Å²) in [4.78, 5) is 12.2. The summed E-state index contributed by atoms with van der Waals surface area (Å²) in [5.41, 5.74) is -0.577. The maximum Gasteiger partial charge on any atom is 0.138 e. The minimum atomic E-state index is -0.297. The van der Waals surface area contributed by atoms with Crippen LogP contribution in [0, 0.1) is 5.41 Å². The van der Waals surface area contributed by atoms with Gasteiger partial charge in [0.05, 0.1) is 5.60 Å². The molecule has 1 aliphatic rings. The Bertz CT molecular complexity index is 546. The van der Waals surface area contributed by atoms with Crippen molar-refractivity contribution in [2.75, 3.05) is 6.61 Å². The van der Waals surface area contributed by atoms with Crippen LogP contribution in [0.1, 0.15) is 101 Å². The van der Waals surface area contributed by atoms with Gasteiger partial charge in [0.2, 0.25) is 0 Å². The number of hydrogen-bond acceptors (Lipinski definition) is 2. The average Bonchev–Trinajstić information content (AvgIpc) is 2.49. The standard InChI is InChI=1S/C23H44B4O2/c1-20(2,3)19(28)13-14-23(9,10)29-16-15-22(7,8)27(25)18-12-11-17(18)26(24)21(4,5)6/h17-18H,11-16H2,1-10H3. The molecule has 1 rings (SSSR count). The summed E-state index contributed by atoms with van der Waals surface area (Å²) in [6, 6.07) is 0. The second kappa shape index (κ2) is 9.58. The predicted octanol–water partition coefficient (Wildman–Crippen LogP) is 6.00. The highest BCUT2D eigenvalue weighted by atomic mass is 16.5. The van der Waals surface area contributed by atoms with E-state index >= 15 is 0 Å². The highest BCUT2D eigenvalue weighted by molar-refractivity contribution is 7.10. The molecule has 2 unspecified atom stereocenters. The van der Waals surface area contributed by atoms with Gasteiger partial charge in [0.1, 0.15) is 19.0 Å². The van der Waals surface area contributed by atoms with E-state index in [-0.39, 0.29) is 34.9 Å². The third-order valence-corrected chi connectivity index (χ3v) is 7.24. The second-order valence-corrected chi connectivity index (χ2v) is 12.8. The Morgan fingerprint density at radius 1 is 0.862 bits per heavy atom. The van der Waals surface area contributed by atoms with Gasteiger partial charge in [-0.3, -0.25) is 4.79 Å². The molecule has 0 amide bonds. The normalized spacial score (nSPS) is 20.9. The Morgan fingerprint density at radius 3 is 1.76 bits per heavy atom. The molecule has 1 saturated carbocycles. The molecule has 0 bridgehead atoms. The molecule has 0 heterocycles. The number of ketones is 1. The molecule has 2 nitrogen and oxygen atoms in total. The Morgan fingerprint density at radius 2 is 1.34 bits per heavy atom. The number of ether oxygens (including phenoxy) is 1. The molecular formula is C23H44B4O2. The lowest BCUT2D eigenvalue weighted by Crippen LogP contribution is -2.47. The molecule has 0 aliphatic heterocycles. The third-order valence-electron chi connectivity index (χ3n) is 7.24. The summed E-state index contributed by atoms with van der Waals surface area (Å²) in [5, 5.41) is 0.114. The smallest absolute Gasteiger partial charge is 0.138 e. The molecule has 1 fully saturated rings. The summed E-state index contributed by atoms with van der Waals surface area (Å²) < 4.78 is 6.21. The zero-order chi connectivity index (χ0) is 22.8. The Kier molecular flexibility index (Phi) is 8.89. The third kappa shape index (κ3) is 7.82. The summed E-state index contributed by atoms with van der Waals surface area (Å²) in [6.45, 7) is 22.3. The molecule has 0 aromatic rings. The van der Waals surface area contributed by atoms with Gasteiger partial charge in [0.25, 0.3) is 0 Å². The largest absolute Gasteiger partial charge is 0.376 e. The zero-order valence-electron chi connectivity index (χ0n) is 21.0. The van der Waals surface area contributed by atoms with Crippen molar-refractivity contribution in [3.05, 3.63) is 0 Å². The summed E-state index contributed by atoms with van der Waals surface area (Å²) >= 11 is 0. The quantitative estimate of drug-likeness (QED) is 0.424. The van der Waals surface area contributed by atoms with Gasteiger partial charge in [-0.1, -0.05) is 90.5 Å². The molecule has 29 heavy (non-hydrogen) atoms. The van der Waals surface area contributed by atoms with Crippen molar-refractivity contribution in [3.8, 4) is 0 Å². The zero-order valence-corrected chi connectivity index (χ0v) is 21.0. The Hall–Kier alpha value is -0.110. The Labute approximate surface area is 185 Å². The topological polar surface area (TPSA) is 26.3 Å². The molecule has 1 aliphatic carbocycles. The van der Waals surface area contributed by atoms with Crippen molar-refractivity contribution in [3.63, 3.8) is 0 Å². The lowest BCUT2D eigenvalue weighted by atomic mass is 9.04. The molecule has 0 aromatic heterocycles. The minimum absolute atomic E-state index is 0.00174. The van der Waals surface area contributed by atoms with Crippen LogP contribution in [0.15, 0.2) is 0 Å². The molecule has 0 spiro atoms. The van der Waals surface area contributed by atoms with Crippen molar-refractivity contribution in [2.24, 2.45) is 5.41 Å². The maximum atomic E-state index is 12.2. The van der Waals surface area contributed by atoms with E-state index in [0.717, 1.165) is 12.8 Å². The maximum absolute atomic E-state index is 12.2. The van der Waals surface area contributed by atoms with Gasteiger partial charge in [0.15, 0.2) is 0 Å². The molecule has 0 aromatic carbocycles. The van der Waals surface area contributed by atoms with Gasteiger partial charge in [-0.05, 0) is 26.7 Å². The van der Waals surface area contributed by atoms with E-state index in [1.165, 1.54) is 12.8 Å². The summed E-state index contributed by atoms with van der Waals surface area (Å²) in [5.74, 6) is 1.31. The number of rotatable bonds is 10. The first-order valence-electron chi connectivity index (χ1n) is 11.6. The van der Waals surface area contributed by atoms with E-state index in [2.05, 4.69) is 48.5 Å². The fourth-order valence-corrected chi connectivity index (χ4v) is 4.28. The average molecular weight is 396 g/mol.